The lowest BCUT2D eigenvalue weighted by molar-refractivity contribution is 0.0191. The van der Waals surface area contributed by atoms with Crippen LogP contribution in [0.15, 0.2) is 12.3 Å². The summed E-state index contributed by atoms with van der Waals surface area (Å²) in [5.74, 6) is 0.188. The van der Waals surface area contributed by atoms with E-state index in [0.29, 0.717) is 12.4 Å². The van der Waals surface area contributed by atoms with E-state index in [2.05, 4.69) is 10.3 Å². The molecule has 2 atom stereocenters. The summed E-state index contributed by atoms with van der Waals surface area (Å²) < 4.78 is 24.5. The maximum atomic E-state index is 13.2. The summed E-state index contributed by atoms with van der Waals surface area (Å²) in [6.45, 7) is 0.542. The van der Waals surface area contributed by atoms with E-state index in [9.17, 15) is 4.39 Å². The zero-order valence-corrected chi connectivity index (χ0v) is 11.5. The van der Waals surface area contributed by atoms with Gasteiger partial charge in [0.1, 0.15) is 11.9 Å². The molecule has 1 fully saturated rings. The van der Waals surface area contributed by atoms with Crippen molar-refractivity contribution in [2.45, 2.75) is 44.4 Å². The molecule has 4 nitrogen and oxygen atoms in total. The van der Waals surface area contributed by atoms with Crippen LogP contribution in [0.3, 0.4) is 0 Å². The average Bonchev–Trinajstić information content (AvgIpc) is 2.42. The van der Waals surface area contributed by atoms with Crippen molar-refractivity contribution in [3.8, 4) is 5.88 Å². The summed E-state index contributed by atoms with van der Waals surface area (Å²) in [6, 6.07) is 1.47. The Morgan fingerprint density at radius 3 is 2.95 bits per heavy atom. The Hall–Kier alpha value is -1.20. The third-order valence-corrected chi connectivity index (χ3v) is 3.45. The van der Waals surface area contributed by atoms with Crippen molar-refractivity contribution in [3.05, 3.63) is 23.6 Å². The molecular formula is C14H21FN2O2. The van der Waals surface area contributed by atoms with Crippen molar-refractivity contribution in [1.29, 1.82) is 0 Å². The first-order valence-corrected chi connectivity index (χ1v) is 6.71. The predicted molar refractivity (Wildman–Crippen MR) is 70.6 cm³/mol. The van der Waals surface area contributed by atoms with Gasteiger partial charge in [-0.05, 0) is 32.4 Å². The van der Waals surface area contributed by atoms with Crippen molar-refractivity contribution in [3.63, 3.8) is 0 Å². The molecule has 0 aromatic carbocycles. The molecule has 0 saturated heterocycles. The Morgan fingerprint density at radius 1 is 1.42 bits per heavy atom. The number of ether oxygens (including phenoxy) is 2. The second-order valence-corrected chi connectivity index (χ2v) is 4.91. The van der Waals surface area contributed by atoms with Crippen LogP contribution in [0.4, 0.5) is 4.39 Å². The Balaban J connectivity index is 2.05. The fourth-order valence-electron chi connectivity index (χ4n) is 2.47. The lowest BCUT2D eigenvalue weighted by atomic mass is 9.95. The van der Waals surface area contributed by atoms with Gasteiger partial charge in [0.15, 0.2) is 0 Å². The van der Waals surface area contributed by atoms with Gasteiger partial charge in [0.25, 0.3) is 0 Å². The highest BCUT2D eigenvalue weighted by molar-refractivity contribution is 5.26. The second-order valence-electron chi connectivity index (χ2n) is 4.91. The van der Waals surface area contributed by atoms with Crippen molar-refractivity contribution in [2.75, 3.05) is 14.2 Å². The van der Waals surface area contributed by atoms with Crippen LogP contribution in [0.1, 0.15) is 31.2 Å². The quantitative estimate of drug-likeness (QED) is 0.889. The van der Waals surface area contributed by atoms with Gasteiger partial charge < -0.3 is 14.8 Å². The van der Waals surface area contributed by atoms with Crippen LogP contribution in [0.25, 0.3) is 0 Å². The topological polar surface area (TPSA) is 43.4 Å². The van der Waals surface area contributed by atoms with Crippen molar-refractivity contribution in [2.24, 2.45) is 0 Å². The molecule has 2 rings (SSSR count). The zero-order chi connectivity index (χ0) is 13.7. The minimum absolute atomic E-state index is 0.104. The molecule has 0 spiro atoms. The summed E-state index contributed by atoms with van der Waals surface area (Å²) in [7, 11) is 3.55. The van der Waals surface area contributed by atoms with Gasteiger partial charge in [0.2, 0.25) is 5.88 Å². The fourth-order valence-corrected chi connectivity index (χ4v) is 2.47. The summed E-state index contributed by atoms with van der Waals surface area (Å²) in [4.78, 5) is 4.06. The molecule has 106 valence electrons. The van der Waals surface area contributed by atoms with Gasteiger partial charge in [0, 0.05) is 25.6 Å². The summed E-state index contributed by atoms with van der Waals surface area (Å²) in [5.41, 5.74) is 0.752. The molecule has 1 aliphatic carbocycles. The van der Waals surface area contributed by atoms with Crippen LogP contribution >= 0.6 is 0 Å². The first-order valence-electron chi connectivity index (χ1n) is 6.71. The van der Waals surface area contributed by atoms with E-state index in [1.54, 1.807) is 7.11 Å². The van der Waals surface area contributed by atoms with Crippen LogP contribution in [0, 0.1) is 5.82 Å². The SMILES string of the molecule is CNCc1cc(F)cnc1OC1CCCC(OC)C1. The molecule has 5 heteroatoms. The summed E-state index contributed by atoms with van der Waals surface area (Å²) in [6.07, 6.45) is 5.60. The third-order valence-electron chi connectivity index (χ3n) is 3.45. The maximum absolute atomic E-state index is 13.2. The highest BCUT2D eigenvalue weighted by Gasteiger charge is 2.24. The number of rotatable bonds is 5. The first kappa shape index (κ1) is 14.2. The number of aromatic nitrogens is 1. The van der Waals surface area contributed by atoms with Gasteiger partial charge in [-0.15, -0.1) is 0 Å². The van der Waals surface area contributed by atoms with Crippen LogP contribution in [-0.2, 0) is 11.3 Å². The largest absolute Gasteiger partial charge is 0.474 e. The highest BCUT2D eigenvalue weighted by Crippen LogP contribution is 2.26. The smallest absolute Gasteiger partial charge is 0.218 e. The Morgan fingerprint density at radius 2 is 2.21 bits per heavy atom. The normalized spacial score (nSPS) is 23.3. The van der Waals surface area contributed by atoms with E-state index in [1.807, 2.05) is 7.05 Å². The number of hydrogen-bond donors (Lipinski definition) is 1. The highest BCUT2D eigenvalue weighted by atomic mass is 19.1. The molecule has 1 heterocycles. The molecule has 1 aromatic heterocycles. The van der Waals surface area contributed by atoms with Gasteiger partial charge in [0.05, 0.1) is 12.3 Å². The molecule has 19 heavy (non-hydrogen) atoms. The number of nitrogens with one attached hydrogen (secondary N) is 1. The lowest BCUT2D eigenvalue weighted by Gasteiger charge is -2.28. The predicted octanol–water partition coefficient (Wildman–Crippen LogP) is 2.28. The minimum atomic E-state index is -0.337. The van der Waals surface area contributed by atoms with Crippen LogP contribution < -0.4 is 10.1 Å². The number of methoxy groups -OCH3 is 1. The molecular weight excluding hydrogens is 247 g/mol. The number of hydrogen-bond acceptors (Lipinski definition) is 4. The molecule has 0 amide bonds. The zero-order valence-electron chi connectivity index (χ0n) is 11.5. The molecule has 1 saturated carbocycles. The van der Waals surface area contributed by atoms with Crippen molar-refractivity contribution in [1.82, 2.24) is 10.3 Å². The lowest BCUT2D eigenvalue weighted by Crippen LogP contribution is -2.30. The summed E-state index contributed by atoms with van der Waals surface area (Å²) >= 11 is 0. The monoisotopic (exact) mass is 268 g/mol. The fraction of sp³-hybridized carbons (Fsp3) is 0.643. The number of pyridine rings is 1. The van der Waals surface area contributed by atoms with Crippen LogP contribution in [0.5, 0.6) is 5.88 Å². The standard InChI is InChI=1S/C14H21FN2O2/c1-16-8-10-6-11(15)9-17-14(10)19-13-5-3-4-12(7-13)18-2/h6,9,12-13,16H,3-5,7-8H2,1-2H3. The maximum Gasteiger partial charge on any atom is 0.218 e. The number of nitrogens with zero attached hydrogens (tertiary/aromatic N) is 1. The summed E-state index contributed by atoms with van der Waals surface area (Å²) in [5, 5.41) is 3.00. The van der Waals surface area contributed by atoms with E-state index in [0.717, 1.165) is 31.2 Å². The molecule has 1 N–H and O–H groups in total. The Kier molecular flexibility index (Phi) is 5.10. The van der Waals surface area contributed by atoms with Gasteiger partial charge in [-0.25, -0.2) is 9.37 Å². The van der Waals surface area contributed by atoms with Gasteiger partial charge >= 0.3 is 0 Å². The first-order chi connectivity index (χ1) is 9.22. The van der Waals surface area contributed by atoms with E-state index in [1.165, 1.54) is 12.3 Å². The van der Waals surface area contributed by atoms with Crippen LogP contribution in [-0.4, -0.2) is 31.3 Å². The molecule has 2 unspecified atom stereocenters. The Bertz CT molecular complexity index is 414. The molecule has 0 aliphatic heterocycles. The molecule has 1 aromatic rings. The van der Waals surface area contributed by atoms with Crippen LogP contribution in [0.2, 0.25) is 0 Å². The van der Waals surface area contributed by atoms with Crippen molar-refractivity contribution < 1.29 is 13.9 Å². The third kappa shape index (κ3) is 3.88. The van der Waals surface area contributed by atoms with Crippen molar-refractivity contribution >= 4 is 0 Å². The van der Waals surface area contributed by atoms with Gasteiger partial charge in [-0.1, -0.05) is 0 Å². The van der Waals surface area contributed by atoms with E-state index in [4.69, 9.17) is 9.47 Å². The van der Waals surface area contributed by atoms with E-state index in [-0.39, 0.29) is 18.0 Å². The van der Waals surface area contributed by atoms with Gasteiger partial charge in [-0.2, -0.15) is 0 Å². The average molecular weight is 268 g/mol. The molecule has 0 radical (unpaired) electrons. The molecule has 0 bridgehead atoms. The Labute approximate surface area is 113 Å². The second kappa shape index (κ2) is 6.82. The molecule has 1 aliphatic rings. The van der Waals surface area contributed by atoms with Gasteiger partial charge in [-0.3, -0.25) is 0 Å². The number of halogens is 1. The van der Waals surface area contributed by atoms with E-state index >= 15 is 0 Å². The minimum Gasteiger partial charge on any atom is -0.474 e. The van der Waals surface area contributed by atoms with E-state index < -0.39 is 0 Å².